The van der Waals surface area contributed by atoms with Gasteiger partial charge in [0.2, 0.25) is 0 Å². The number of rotatable bonds is 8. The van der Waals surface area contributed by atoms with Crippen LogP contribution in [0.2, 0.25) is 0 Å². The molecule has 1 heterocycles. The van der Waals surface area contributed by atoms with Crippen molar-refractivity contribution in [3.05, 3.63) is 36.4 Å². The Morgan fingerprint density at radius 1 is 1.41 bits per heavy atom. The molecule has 0 radical (unpaired) electrons. The molecule has 0 aliphatic carbocycles. The monoisotopic (exact) mass is 233 g/mol. The lowest BCUT2D eigenvalue weighted by atomic mass is 10.1. The third kappa shape index (κ3) is 5.09. The van der Waals surface area contributed by atoms with E-state index in [0.29, 0.717) is 6.04 Å². The summed E-state index contributed by atoms with van der Waals surface area (Å²) in [6, 6.07) is 0.322. The molecule has 94 valence electrons. The Hall–Kier alpha value is -1.22. The van der Waals surface area contributed by atoms with Crippen LogP contribution in [0.4, 0.5) is 0 Å². The van der Waals surface area contributed by atoms with Crippen LogP contribution >= 0.6 is 0 Å². The van der Waals surface area contributed by atoms with Crippen LogP contribution in [-0.4, -0.2) is 16.5 Å². The first-order valence-corrected chi connectivity index (χ1v) is 6.40. The highest BCUT2D eigenvalue weighted by Gasteiger charge is 2.11. The predicted octanol–water partition coefficient (Wildman–Crippen LogP) is 3.18. The van der Waals surface area contributed by atoms with Crippen LogP contribution in [0, 0.1) is 6.92 Å². The van der Waals surface area contributed by atoms with Crippen LogP contribution in [0.1, 0.15) is 50.0 Å². The van der Waals surface area contributed by atoms with Crippen LogP contribution in [-0.2, 0) is 0 Å². The maximum absolute atomic E-state index is 4.46. The molecule has 1 unspecified atom stereocenters. The van der Waals surface area contributed by atoms with Crippen molar-refractivity contribution in [2.75, 3.05) is 6.54 Å². The Labute approximate surface area is 104 Å². The molecule has 0 amide bonds. The van der Waals surface area contributed by atoms with Crippen molar-refractivity contribution in [1.82, 2.24) is 15.3 Å². The van der Waals surface area contributed by atoms with Crippen molar-refractivity contribution in [3.8, 4) is 0 Å². The van der Waals surface area contributed by atoms with E-state index in [1.807, 2.05) is 25.4 Å². The standard InChI is InChI=1S/C14H23N3/c1-4-6-7-8-13(15-9-5-2)14-11-16-12(3)10-17-14/h4,10-11,13,15H,1,5-9H2,2-3H3. The lowest BCUT2D eigenvalue weighted by molar-refractivity contribution is 0.474. The molecule has 0 aromatic carbocycles. The van der Waals surface area contributed by atoms with Crippen molar-refractivity contribution >= 4 is 0 Å². The van der Waals surface area contributed by atoms with E-state index in [1.54, 1.807) is 0 Å². The summed E-state index contributed by atoms with van der Waals surface area (Å²) < 4.78 is 0. The van der Waals surface area contributed by atoms with Crippen molar-refractivity contribution in [2.45, 2.75) is 45.6 Å². The summed E-state index contributed by atoms with van der Waals surface area (Å²) in [5.74, 6) is 0. The van der Waals surface area contributed by atoms with Crippen LogP contribution in [0.5, 0.6) is 0 Å². The quantitative estimate of drug-likeness (QED) is 0.553. The van der Waals surface area contributed by atoms with Gasteiger partial charge in [-0.1, -0.05) is 13.0 Å². The van der Waals surface area contributed by atoms with E-state index in [-0.39, 0.29) is 0 Å². The van der Waals surface area contributed by atoms with Gasteiger partial charge in [0.05, 0.1) is 23.6 Å². The molecule has 0 bridgehead atoms. The number of nitrogens with zero attached hydrogens (tertiary/aromatic N) is 2. The second kappa shape index (κ2) is 7.96. The van der Waals surface area contributed by atoms with E-state index in [4.69, 9.17) is 0 Å². The Morgan fingerprint density at radius 2 is 2.24 bits per heavy atom. The molecule has 0 fully saturated rings. The number of hydrogen-bond donors (Lipinski definition) is 1. The number of unbranched alkanes of at least 4 members (excludes halogenated alkanes) is 1. The van der Waals surface area contributed by atoms with E-state index < -0.39 is 0 Å². The first-order valence-electron chi connectivity index (χ1n) is 6.40. The van der Waals surface area contributed by atoms with Crippen molar-refractivity contribution < 1.29 is 0 Å². The second-order valence-corrected chi connectivity index (χ2v) is 4.31. The largest absolute Gasteiger partial charge is 0.309 e. The Bertz CT molecular complexity index is 319. The fourth-order valence-electron chi connectivity index (χ4n) is 1.72. The Morgan fingerprint density at radius 3 is 2.82 bits per heavy atom. The molecule has 0 saturated carbocycles. The average Bonchev–Trinajstić information content (AvgIpc) is 2.35. The molecule has 1 aromatic heterocycles. The zero-order valence-corrected chi connectivity index (χ0v) is 10.9. The number of hydrogen-bond acceptors (Lipinski definition) is 3. The number of nitrogens with one attached hydrogen (secondary N) is 1. The van der Waals surface area contributed by atoms with Crippen molar-refractivity contribution in [3.63, 3.8) is 0 Å². The fraction of sp³-hybridized carbons (Fsp3) is 0.571. The molecule has 3 heteroatoms. The Kier molecular flexibility index (Phi) is 6.48. The molecule has 1 atom stereocenters. The molecule has 17 heavy (non-hydrogen) atoms. The molecule has 0 spiro atoms. The molecule has 0 aliphatic rings. The highest BCUT2D eigenvalue weighted by Crippen LogP contribution is 2.17. The van der Waals surface area contributed by atoms with Gasteiger partial charge in [0.1, 0.15) is 0 Å². The number of aromatic nitrogens is 2. The molecule has 0 aliphatic heterocycles. The first kappa shape index (κ1) is 13.8. The van der Waals surface area contributed by atoms with E-state index in [1.165, 1.54) is 0 Å². The summed E-state index contributed by atoms with van der Waals surface area (Å²) in [6.45, 7) is 8.91. The van der Waals surface area contributed by atoms with Gasteiger partial charge in [0.15, 0.2) is 0 Å². The van der Waals surface area contributed by atoms with Gasteiger partial charge in [-0.15, -0.1) is 6.58 Å². The van der Waals surface area contributed by atoms with Gasteiger partial charge < -0.3 is 5.32 Å². The zero-order valence-electron chi connectivity index (χ0n) is 10.9. The summed E-state index contributed by atoms with van der Waals surface area (Å²) in [5.41, 5.74) is 2.02. The first-order chi connectivity index (χ1) is 8.27. The van der Waals surface area contributed by atoms with E-state index in [2.05, 4.69) is 28.8 Å². The summed E-state index contributed by atoms with van der Waals surface area (Å²) in [4.78, 5) is 8.77. The third-order valence-corrected chi connectivity index (χ3v) is 2.70. The normalized spacial score (nSPS) is 12.4. The highest BCUT2D eigenvalue weighted by atomic mass is 14.9. The van der Waals surface area contributed by atoms with Gasteiger partial charge >= 0.3 is 0 Å². The smallest absolute Gasteiger partial charge is 0.0756 e. The molecule has 1 N–H and O–H groups in total. The second-order valence-electron chi connectivity index (χ2n) is 4.31. The van der Waals surface area contributed by atoms with Crippen LogP contribution in [0.3, 0.4) is 0 Å². The lowest BCUT2D eigenvalue weighted by Crippen LogP contribution is -2.23. The number of aryl methyl sites for hydroxylation is 1. The molecular formula is C14H23N3. The minimum absolute atomic E-state index is 0.322. The van der Waals surface area contributed by atoms with Gasteiger partial charge in [-0.05, 0) is 39.2 Å². The average molecular weight is 233 g/mol. The lowest BCUT2D eigenvalue weighted by Gasteiger charge is -2.17. The van der Waals surface area contributed by atoms with Gasteiger partial charge in [-0.25, -0.2) is 0 Å². The minimum Gasteiger partial charge on any atom is -0.309 e. The summed E-state index contributed by atoms with van der Waals surface area (Å²) in [7, 11) is 0. The topological polar surface area (TPSA) is 37.8 Å². The zero-order chi connectivity index (χ0) is 12.5. The molecule has 3 nitrogen and oxygen atoms in total. The maximum Gasteiger partial charge on any atom is 0.0756 e. The van der Waals surface area contributed by atoms with Gasteiger partial charge in [-0.3, -0.25) is 9.97 Å². The molecule has 1 aromatic rings. The Balaban J connectivity index is 2.60. The third-order valence-electron chi connectivity index (χ3n) is 2.70. The van der Waals surface area contributed by atoms with Crippen LogP contribution in [0.25, 0.3) is 0 Å². The van der Waals surface area contributed by atoms with Gasteiger partial charge in [0.25, 0.3) is 0 Å². The van der Waals surface area contributed by atoms with Gasteiger partial charge in [-0.2, -0.15) is 0 Å². The molecule has 0 saturated heterocycles. The van der Waals surface area contributed by atoms with E-state index >= 15 is 0 Å². The van der Waals surface area contributed by atoms with Crippen molar-refractivity contribution in [2.24, 2.45) is 0 Å². The van der Waals surface area contributed by atoms with E-state index in [9.17, 15) is 0 Å². The predicted molar refractivity (Wildman–Crippen MR) is 71.9 cm³/mol. The SMILES string of the molecule is C=CCCCC(NCCC)c1cnc(C)cn1. The van der Waals surface area contributed by atoms with E-state index in [0.717, 1.165) is 43.6 Å². The fourth-order valence-corrected chi connectivity index (χ4v) is 1.72. The summed E-state index contributed by atoms with van der Waals surface area (Å²) in [6.07, 6.45) is 10.1. The minimum atomic E-state index is 0.322. The van der Waals surface area contributed by atoms with Crippen LogP contribution in [0.15, 0.2) is 25.0 Å². The maximum atomic E-state index is 4.46. The summed E-state index contributed by atoms with van der Waals surface area (Å²) >= 11 is 0. The summed E-state index contributed by atoms with van der Waals surface area (Å²) in [5, 5.41) is 3.53. The van der Waals surface area contributed by atoms with Gasteiger partial charge in [0, 0.05) is 6.20 Å². The van der Waals surface area contributed by atoms with Crippen LogP contribution < -0.4 is 5.32 Å². The molecular weight excluding hydrogens is 210 g/mol. The van der Waals surface area contributed by atoms with Crippen molar-refractivity contribution in [1.29, 1.82) is 0 Å². The highest BCUT2D eigenvalue weighted by molar-refractivity contribution is 5.05. The number of allylic oxidation sites excluding steroid dienone is 1. The molecule has 1 rings (SSSR count).